The number of thiazole rings is 1. The largest absolute Gasteiger partial charge is 0.465 e. The molecule has 0 atom stereocenters. The van der Waals surface area contributed by atoms with E-state index in [-0.39, 0.29) is 30.2 Å². The number of hydrogen-bond donors (Lipinski definition) is 0. The third-order valence-corrected chi connectivity index (χ3v) is 8.67. The number of para-hydroxylation sites is 2. The first-order valence-electron chi connectivity index (χ1n) is 11.8. The normalized spacial score (nSPS) is 12.0. The van der Waals surface area contributed by atoms with Crippen LogP contribution in [0.25, 0.3) is 10.2 Å². The van der Waals surface area contributed by atoms with Crippen LogP contribution in [-0.2, 0) is 26.1 Å². The summed E-state index contributed by atoms with van der Waals surface area (Å²) in [5.74, 6) is -0.964. The number of benzene rings is 3. The third kappa shape index (κ3) is 5.50. The molecule has 0 N–H and O–H groups in total. The van der Waals surface area contributed by atoms with Gasteiger partial charge in [-0.3, -0.25) is 13.9 Å². The van der Waals surface area contributed by atoms with E-state index in [2.05, 4.69) is 4.99 Å². The number of sulfonamides is 1. The number of aromatic nitrogens is 1. The summed E-state index contributed by atoms with van der Waals surface area (Å²) < 4.78 is 35.5. The fourth-order valence-electron chi connectivity index (χ4n) is 4.01. The van der Waals surface area contributed by atoms with Crippen LogP contribution in [0, 0.1) is 6.92 Å². The molecule has 8 nitrogen and oxygen atoms in total. The van der Waals surface area contributed by atoms with E-state index in [4.69, 9.17) is 4.74 Å². The second-order valence-electron chi connectivity index (χ2n) is 8.14. The van der Waals surface area contributed by atoms with Crippen molar-refractivity contribution in [2.45, 2.75) is 32.2 Å². The molecule has 0 saturated carbocycles. The Hall–Kier alpha value is -3.76. The SMILES string of the molecule is CCOC(=O)Cn1c(=NC(=O)c2ccc(S(=O)(=O)N(CC)c3ccccc3)cc2)sc2cccc(C)c21. The van der Waals surface area contributed by atoms with Crippen molar-refractivity contribution in [2.75, 3.05) is 17.5 Å². The predicted molar refractivity (Wildman–Crippen MR) is 144 cm³/mol. The minimum atomic E-state index is -3.82. The summed E-state index contributed by atoms with van der Waals surface area (Å²) in [5.41, 5.74) is 2.56. The number of esters is 1. The molecule has 4 aromatic rings. The average molecular weight is 538 g/mol. The maximum Gasteiger partial charge on any atom is 0.326 e. The number of hydrogen-bond acceptors (Lipinski definition) is 6. The second-order valence-corrected chi connectivity index (χ2v) is 11.0. The van der Waals surface area contributed by atoms with Gasteiger partial charge in [0.25, 0.3) is 15.9 Å². The number of aryl methyl sites for hydroxylation is 1. The Kier molecular flexibility index (Phi) is 7.89. The number of anilines is 1. The van der Waals surface area contributed by atoms with E-state index >= 15 is 0 Å². The number of amides is 1. The molecule has 1 amide bonds. The van der Waals surface area contributed by atoms with Crippen LogP contribution in [-0.4, -0.2) is 38.0 Å². The maximum atomic E-state index is 13.2. The van der Waals surface area contributed by atoms with Crippen LogP contribution in [0.3, 0.4) is 0 Å². The zero-order valence-corrected chi connectivity index (χ0v) is 22.4. The molecular formula is C27H27N3O5S2. The van der Waals surface area contributed by atoms with Crippen LogP contribution < -0.4 is 9.11 Å². The van der Waals surface area contributed by atoms with Gasteiger partial charge in [-0.25, -0.2) is 8.42 Å². The van der Waals surface area contributed by atoms with Gasteiger partial charge in [-0.05, 0) is 68.8 Å². The van der Waals surface area contributed by atoms with Gasteiger partial charge in [0.05, 0.1) is 27.4 Å². The van der Waals surface area contributed by atoms with Crippen molar-refractivity contribution < 1.29 is 22.7 Å². The lowest BCUT2D eigenvalue weighted by Gasteiger charge is -2.22. The highest BCUT2D eigenvalue weighted by atomic mass is 32.2. The Morgan fingerprint density at radius 2 is 1.68 bits per heavy atom. The number of ether oxygens (including phenoxy) is 1. The van der Waals surface area contributed by atoms with Crippen molar-refractivity contribution in [3.8, 4) is 0 Å². The van der Waals surface area contributed by atoms with Crippen LogP contribution in [0.5, 0.6) is 0 Å². The highest BCUT2D eigenvalue weighted by molar-refractivity contribution is 7.92. The lowest BCUT2D eigenvalue weighted by molar-refractivity contribution is -0.143. The quantitative estimate of drug-likeness (QED) is 0.308. The van der Waals surface area contributed by atoms with Crippen molar-refractivity contribution in [3.63, 3.8) is 0 Å². The van der Waals surface area contributed by atoms with Crippen LogP contribution in [0.4, 0.5) is 5.69 Å². The van der Waals surface area contributed by atoms with Gasteiger partial charge in [-0.1, -0.05) is 41.7 Å². The van der Waals surface area contributed by atoms with Crippen molar-refractivity contribution in [1.82, 2.24) is 4.57 Å². The number of fused-ring (bicyclic) bond motifs is 1. The second kappa shape index (κ2) is 11.1. The van der Waals surface area contributed by atoms with Gasteiger partial charge >= 0.3 is 5.97 Å². The Bertz CT molecular complexity index is 1610. The van der Waals surface area contributed by atoms with Gasteiger partial charge in [0.2, 0.25) is 0 Å². The highest BCUT2D eigenvalue weighted by Crippen LogP contribution is 2.24. The molecule has 0 unspecified atom stereocenters. The molecule has 0 radical (unpaired) electrons. The van der Waals surface area contributed by atoms with E-state index in [0.29, 0.717) is 10.5 Å². The molecule has 0 spiro atoms. The van der Waals surface area contributed by atoms with Gasteiger partial charge in [-0.15, -0.1) is 0 Å². The molecule has 0 bridgehead atoms. The molecule has 0 aliphatic rings. The van der Waals surface area contributed by atoms with E-state index < -0.39 is 21.9 Å². The van der Waals surface area contributed by atoms with Crippen molar-refractivity contribution >= 4 is 49.1 Å². The summed E-state index contributed by atoms with van der Waals surface area (Å²) in [5, 5.41) is 0. The zero-order valence-electron chi connectivity index (χ0n) is 20.7. The number of carbonyl (C=O) groups is 2. The fraction of sp³-hybridized carbons (Fsp3) is 0.222. The molecule has 0 aliphatic carbocycles. The standard InChI is InChI=1S/C27H27N3O5S2/c1-4-30(21-11-7-6-8-12-21)37(33,34)22-16-14-20(15-17-22)26(32)28-27-29(18-24(31)35-5-2)25-19(3)10-9-13-23(25)36-27/h6-17H,4-5,18H2,1-3H3. The topological polar surface area (TPSA) is 98.0 Å². The molecule has 37 heavy (non-hydrogen) atoms. The smallest absolute Gasteiger partial charge is 0.326 e. The van der Waals surface area contributed by atoms with Gasteiger partial charge in [0, 0.05) is 12.1 Å². The third-order valence-electron chi connectivity index (χ3n) is 5.71. The van der Waals surface area contributed by atoms with Crippen LogP contribution >= 0.6 is 11.3 Å². The van der Waals surface area contributed by atoms with Crippen molar-refractivity contribution in [3.05, 3.63) is 88.7 Å². The van der Waals surface area contributed by atoms with Gasteiger partial charge < -0.3 is 9.30 Å². The molecule has 10 heteroatoms. The minimum Gasteiger partial charge on any atom is -0.465 e. The van der Waals surface area contributed by atoms with E-state index in [1.807, 2.05) is 31.2 Å². The fourth-order valence-corrected chi connectivity index (χ4v) is 6.59. The highest BCUT2D eigenvalue weighted by Gasteiger charge is 2.24. The Balaban J connectivity index is 1.68. The molecule has 1 heterocycles. The monoisotopic (exact) mass is 537 g/mol. The number of carbonyl (C=O) groups excluding carboxylic acids is 2. The van der Waals surface area contributed by atoms with Gasteiger partial charge in [0.1, 0.15) is 6.54 Å². The lowest BCUT2D eigenvalue weighted by Crippen LogP contribution is -2.30. The molecule has 3 aromatic carbocycles. The summed E-state index contributed by atoms with van der Waals surface area (Å²) in [7, 11) is -3.82. The summed E-state index contributed by atoms with van der Waals surface area (Å²) in [6.45, 7) is 5.86. The molecule has 1 aromatic heterocycles. The van der Waals surface area contributed by atoms with Crippen molar-refractivity contribution in [2.24, 2.45) is 4.99 Å². The first-order chi connectivity index (χ1) is 17.8. The number of nitrogens with zero attached hydrogens (tertiary/aromatic N) is 3. The molecular weight excluding hydrogens is 510 g/mol. The lowest BCUT2D eigenvalue weighted by atomic mass is 10.2. The first-order valence-corrected chi connectivity index (χ1v) is 14.0. The van der Waals surface area contributed by atoms with E-state index in [9.17, 15) is 18.0 Å². The molecule has 4 rings (SSSR count). The van der Waals surface area contributed by atoms with Crippen LogP contribution in [0.15, 0.2) is 82.7 Å². The van der Waals surface area contributed by atoms with Crippen molar-refractivity contribution in [1.29, 1.82) is 0 Å². The average Bonchev–Trinajstić information content (AvgIpc) is 3.23. The van der Waals surface area contributed by atoms with Gasteiger partial charge in [0.15, 0.2) is 4.80 Å². The molecule has 0 saturated heterocycles. The summed E-state index contributed by atoms with van der Waals surface area (Å²) in [6, 6.07) is 20.3. The summed E-state index contributed by atoms with van der Waals surface area (Å²) in [4.78, 5) is 30.0. The van der Waals surface area contributed by atoms with E-state index in [1.54, 1.807) is 42.7 Å². The van der Waals surface area contributed by atoms with E-state index in [0.717, 1.165) is 15.8 Å². The minimum absolute atomic E-state index is 0.0737. The first kappa shape index (κ1) is 26.3. The Morgan fingerprint density at radius 3 is 2.32 bits per heavy atom. The molecule has 0 fully saturated rings. The zero-order chi connectivity index (χ0) is 26.6. The Labute approximate surface area is 219 Å². The van der Waals surface area contributed by atoms with Crippen LogP contribution in [0.2, 0.25) is 0 Å². The number of rotatable bonds is 8. The van der Waals surface area contributed by atoms with Crippen LogP contribution in [0.1, 0.15) is 29.8 Å². The Morgan fingerprint density at radius 1 is 0.973 bits per heavy atom. The van der Waals surface area contributed by atoms with Gasteiger partial charge in [-0.2, -0.15) is 4.99 Å². The summed E-state index contributed by atoms with van der Waals surface area (Å²) in [6.07, 6.45) is 0. The summed E-state index contributed by atoms with van der Waals surface area (Å²) >= 11 is 1.30. The predicted octanol–water partition coefficient (Wildman–Crippen LogP) is 4.53. The van der Waals surface area contributed by atoms with E-state index in [1.165, 1.54) is 39.9 Å². The maximum absolute atomic E-state index is 13.2. The molecule has 0 aliphatic heterocycles. The molecule has 192 valence electrons.